The molecule has 0 unspecified atom stereocenters. The summed E-state index contributed by atoms with van der Waals surface area (Å²) in [4.78, 5) is 8.32. The highest BCUT2D eigenvalue weighted by molar-refractivity contribution is 7.92. The fourth-order valence-corrected chi connectivity index (χ4v) is 2.55. The fraction of sp³-hybridized carbons (Fsp3) is 0.231. The molecule has 0 aliphatic rings. The molecule has 0 spiro atoms. The molecule has 100 valence electrons. The number of anilines is 1. The second-order valence-electron chi connectivity index (χ2n) is 4.16. The number of aromatic nitrogens is 2. The maximum Gasteiger partial charge on any atom is 0.261 e. The summed E-state index contributed by atoms with van der Waals surface area (Å²) in [6, 6.07) is 6.65. The molecular weight excluding hydrogens is 262 g/mol. The van der Waals surface area contributed by atoms with Crippen molar-refractivity contribution in [2.45, 2.75) is 25.2 Å². The van der Waals surface area contributed by atoms with Crippen molar-refractivity contribution in [1.29, 1.82) is 0 Å². The molecule has 6 heteroatoms. The molecule has 0 aliphatic carbocycles. The number of nitrogens with one attached hydrogen (secondary N) is 1. The Labute approximate surface area is 112 Å². The molecule has 0 radical (unpaired) electrons. The zero-order valence-corrected chi connectivity index (χ0v) is 11.6. The summed E-state index contributed by atoms with van der Waals surface area (Å²) in [7, 11) is -3.58. The third kappa shape index (κ3) is 3.29. The van der Waals surface area contributed by atoms with Gasteiger partial charge in [-0.05, 0) is 19.1 Å². The van der Waals surface area contributed by atoms with Gasteiger partial charge in [0.15, 0.2) is 0 Å². The van der Waals surface area contributed by atoms with Gasteiger partial charge in [-0.3, -0.25) is 4.72 Å². The predicted molar refractivity (Wildman–Crippen MR) is 73.4 cm³/mol. The van der Waals surface area contributed by atoms with E-state index in [4.69, 9.17) is 0 Å². The van der Waals surface area contributed by atoms with Crippen LogP contribution in [0, 0.1) is 6.92 Å². The van der Waals surface area contributed by atoms with E-state index in [9.17, 15) is 8.42 Å². The molecule has 19 heavy (non-hydrogen) atoms. The van der Waals surface area contributed by atoms with E-state index in [0.29, 0.717) is 17.9 Å². The van der Waals surface area contributed by atoms with Gasteiger partial charge in [0.25, 0.3) is 10.0 Å². The summed E-state index contributed by atoms with van der Waals surface area (Å²) in [6.45, 7) is 3.84. The maximum absolute atomic E-state index is 12.1. The topological polar surface area (TPSA) is 72.0 Å². The highest BCUT2D eigenvalue weighted by Gasteiger charge is 2.14. The molecule has 0 saturated carbocycles. The van der Waals surface area contributed by atoms with Crippen molar-refractivity contribution in [3.63, 3.8) is 0 Å². The van der Waals surface area contributed by atoms with Gasteiger partial charge in [0.2, 0.25) is 0 Å². The van der Waals surface area contributed by atoms with Crippen LogP contribution in [-0.4, -0.2) is 18.4 Å². The Morgan fingerprint density at radius 2 is 1.68 bits per heavy atom. The molecule has 1 N–H and O–H groups in total. The quantitative estimate of drug-likeness (QED) is 0.929. The standard InChI is InChI=1S/C13H15N3O2S/c1-3-13-14-8-11(9-15-13)16-19(17,18)12-6-4-10(2)5-7-12/h4-9,16H,3H2,1-2H3. The van der Waals surface area contributed by atoms with Gasteiger partial charge < -0.3 is 0 Å². The first-order chi connectivity index (χ1) is 9.01. The van der Waals surface area contributed by atoms with Crippen molar-refractivity contribution < 1.29 is 8.42 Å². The minimum Gasteiger partial charge on any atom is -0.276 e. The molecule has 0 aliphatic heterocycles. The molecule has 0 atom stereocenters. The van der Waals surface area contributed by atoms with Gasteiger partial charge >= 0.3 is 0 Å². The van der Waals surface area contributed by atoms with Crippen molar-refractivity contribution in [3.05, 3.63) is 48.0 Å². The molecule has 0 saturated heterocycles. The number of benzene rings is 1. The first-order valence-corrected chi connectivity index (χ1v) is 7.40. The number of aryl methyl sites for hydroxylation is 2. The molecule has 0 bridgehead atoms. The second-order valence-corrected chi connectivity index (χ2v) is 5.84. The maximum atomic E-state index is 12.1. The summed E-state index contributed by atoms with van der Waals surface area (Å²) in [6.07, 6.45) is 3.65. The van der Waals surface area contributed by atoms with Crippen LogP contribution >= 0.6 is 0 Å². The average Bonchev–Trinajstić information content (AvgIpc) is 2.40. The second kappa shape index (κ2) is 5.36. The lowest BCUT2D eigenvalue weighted by atomic mass is 10.2. The van der Waals surface area contributed by atoms with E-state index in [1.807, 2.05) is 13.8 Å². The van der Waals surface area contributed by atoms with Crippen LogP contribution in [0.5, 0.6) is 0 Å². The highest BCUT2D eigenvalue weighted by atomic mass is 32.2. The smallest absolute Gasteiger partial charge is 0.261 e. The van der Waals surface area contributed by atoms with Crippen LogP contribution in [0.2, 0.25) is 0 Å². The number of hydrogen-bond donors (Lipinski definition) is 1. The summed E-state index contributed by atoms with van der Waals surface area (Å²) >= 11 is 0. The Morgan fingerprint density at radius 1 is 1.11 bits per heavy atom. The lowest BCUT2D eigenvalue weighted by Crippen LogP contribution is -2.13. The van der Waals surface area contributed by atoms with Gasteiger partial charge in [-0.1, -0.05) is 24.6 Å². The number of nitrogens with zero attached hydrogens (tertiary/aromatic N) is 2. The normalized spacial score (nSPS) is 11.3. The Bertz CT molecular complexity index is 649. The minimum absolute atomic E-state index is 0.220. The average molecular weight is 277 g/mol. The van der Waals surface area contributed by atoms with Gasteiger partial charge in [0, 0.05) is 6.42 Å². The first kappa shape index (κ1) is 13.5. The van der Waals surface area contributed by atoms with Gasteiger partial charge in [-0.15, -0.1) is 0 Å². The molecule has 1 aromatic heterocycles. The highest BCUT2D eigenvalue weighted by Crippen LogP contribution is 2.15. The van der Waals surface area contributed by atoms with Gasteiger partial charge in [0.1, 0.15) is 5.82 Å². The van der Waals surface area contributed by atoms with E-state index in [1.165, 1.54) is 12.4 Å². The Kier molecular flexibility index (Phi) is 3.80. The number of rotatable bonds is 4. The van der Waals surface area contributed by atoms with E-state index in [0.717, 1.165) is 5.56 Å². The Balaban J connectivity index is 2.23. The summed E-state index contributed by atoms with van der Waals surface area (Å²) < 4.78 is 26.7. The van der Waals surface area contributed by atoms with Crippen LogP contribution in [0.25, 0.3) is 0 Å². The van der Waals surface area contributed by atoms with Crippen LogP contribution in [0.4, 0.5) is 5.69 Å². The predicted octanol–water partition coefficient (Wildman–Crippen LogP) is 2.15. The summed E-state index contributed by atoms with van der Waals surface area (Å²) in [5.74, 6) is 0.679. The monoisotopic (exact) mass is 277 g/mol. The van der Waals surface area contributed by atoms with Crippen molar-refractivity contribution in [2.24, 2.45) is 0 Å². The van der Waals surface area contributed by atoms with Crippen LogP contribution < -0.4 is 4.72 Å². The van der Waals surface area contributed by atoms with Crippen molar-refractivity contribution in [1.82, 2.24) is 9.97 Å². The summed E-state index contributed by atoms with van der Waals surface area (Å²) in [5.41, 5.74) is 1.37. The van der Waals surface area contributed by atoms with Gasteiger partial charge in [0.05, 0.1) is 23.0 Å². The largest absolute Gasteiger partial charge is 0.276 e. The first-order valence-electron chi connectivity index (χ1n) is 5.91. The molecule has 0 amide bonds. The molecule has 0 fully saturated rings. The van der Waals surface area contributed by atoms with Crippen molar-refractivity contribution >= 4 is 15.7 Å². The minimum atomic E-state index is -3.58. The van der Waals surface area contributed by atoms with E-state index in [2.05, 4.69) is 14.7 Å². The Morgan fingerprint density at radius 3 is 2.21 bits per heavy atom. The van der Waals surface area contributed by atoms with Gasteiger partial charge in [-0.2, -0.15) is 0 Å². The van der Waals surface area contributed by atoms with Crippen LogP contribution in [-0.2, 0) is 16.4 Å². The summed E-state index contributed by atoms with van der Waals surface area (Å²) in [5, 5.41) is 0. The lowest BCUT2D eigenvalue weighted by Gasteiger charge is -2.07. The van der Waals surface area contributed by atoms with Crippen LogP contribution in [0.3, 0.4) is 0 Å². The Hall–Kier alpha value is -1.95. The van der Waals surface area contributed by atoms with Gasteiger partial charge in [-0.25, -0.2) is 18.4 Å². The third-order valence-corrected chi connectivity index (χ3v) is 4.00. The van der Waals surface area contributed by atoms with Crippen LogP contribution in [0.1, 0.15) is 18.3 Å². The van der Waals surface area contributed by atoms with E-state index in [1.54, 1.807) is 24.3 Å². The molecule has 2 rings (SSSR count). The third-order valence-electron chi connectivity index (χ3n) is 2.61. The molecule has 5 nitrogen and oxygen atoms in total. The lowest BCUT2D eigenvalue weighted by molar-refractivity contribution is 0.601. The molecule has 1 heterocycles. The van der Waals surface area contributed by atoms with E-state index < -0.39 is 10.0 Å². The molecule has 2 aromatic rings. The number of sulfonamides is 1. The van der Waals surface area contributed by atoms with Crippen molar-refractivity contribution in [2.75, 3.05) is 4.72 Å². The zero-order chi connectivity index (χ0) is 13.9. The van der Waals surface area contributed by atoms with Crippen molar-refractivity contribution in [3.8, 4) is 0 Å². The number of hydrogen-bond acceptors (Lipinski definition) is 4. The SMILES string of the molecule is CCc1ncc(NS(=O)(=O)c2ccc(C)cc2)cn1. The fourth-order valence-electron chi connectivity index (χ4n) is 1.52. The van der Waals surface area contributed by atoms with E-state index in [-0.39, 0.29) is 4.90 Å². The molecule has 1 aromatic carbocycles. The van der Waals surface area contributed by atoms with Crippen LogP contribution in [0.15, 0.2) is 41.6 Å². The zero-order valence-electron chi connectivity index (χ0n) is 10.8. The molecular formula is C13H15N3O2S. The van der Waals surface area contributed by atoms with E-state index >= 15 is 0 Å².